The molecule has 0 amide bonds. The molecule has 4 nitrogen and oxygen atoms in total. The predicted molar refractivity (Wildman–Crippen MR) is 76.7 cm³/mol. The minimum Gasteiger partial charge on any atom is -0.493 e. The first-order chi connectivity index (χ1) is 9.69. The molecule has 0 heterocycles. The molecule has 0 saturated heterocycles. The van der Waals surface area contributed by atoms with Crippen molar-refractivity contribution in [3.05, 3.63) is 29.6 Å². The normalized spacial score (nSPS) is 12.4. The molecule has 1 rings (SSSR count). The van der Waals surface area contributed by atoms with Crippen molar-refractivity contribution in [2.45, 2.75) is 19.4 Å². The Morgan fingerprint density at radius 3 is 2.70 bits per heavy atom. The van der Waals surface area contributed by atoms with E-state index in [4.69, 9.17) is 14.2 Å². The van der Waals surface area contributed by atoms with Gasteiger partial charge in [0.25, 0.3) is 0 Å². The zero-order valence-electron chi connectivity index (χ0n) is 12.4. The van der Waals surface area contributed by atoms with Gasteiger partial charge in [-0.3, -0.25) is 0 Å². The van der Waals surface area contributed by atoms with Gasteiger partial charge in [0.2, 0.25) is 0 Å². The molecule has 0 aliphatic rings. The first-order valence-electron chi connectivity index (χ1n) is 6.85. The molecule has 0 radical (unpaired) electrons. The maximum absolute atomic E-state index is 13.3. The lowest BCUT2D eigenvalue weighted by Gasteiger charge is -2.16. The smallest absolute Gasteiger partial charge is 0.124 e. The summed E-state index contributed by atoms with van der Waals surface area (Å²) in [4.78, 5) is 0. The lowest BCUT2D eigenvalue weighted by Crippen LogP contribution is -2.14. The molecule has 0 spiro atoms. The number of benzene rings is 1. The Labute approximate surface area is 120 Å². The van der Waals surface area contributed by atoms with E-state index in [-0.39, 0.29) is 11.9 Å². The first-order valence-corrected chi connectivity index (χ1v) is 6.85. The molecule has 0 aromatic heterocycles. The van der Waals surface area contributed by atoms with Crippen LogP contribution in [0.5, 0.6) is 5.75 Å². The fourth-order valence-electron chi connectivity index (χ4n) is 1.73. The van der Waals surface area contributed by atoms with E-state index in [1.807, 2.05) is 14.0 Å². The zero-order valence-corrected chi connectivity index (χ0v) is 12.4. The van der Waals surface area contributed by atoms with E-state index in [1.54, 1.807) is 13.2 Å². The number of rotatable bonds is 10. The van der Waals surface area contributed by atoms with Gasteiger partial charge in [-0.1, -0.05) is 0 Å². The second-order valence-corrected chi connectivity index (χ2v) is 4.50. The van der Waals surface area contributed by atoms with E-state index in [2.05, 4.69) is 5.32 Å². The van der Waals surface area contributed by atoms with Crippen molar-refractivity contribution in [1.29, 1.82) is 0 Å². The Balaban J connectivity index is 2.39. The maximum atomic E-state index is 13.3. The van der Waals surface area contributed by atoms with Crippen molar-refractivity contribution in [3.63, 3.8) is 0 Å². The molecule has 5 heteroatoms. The molecule has 20 heavy (non-hydrogen) atoms. The Morgan fingerprint density at radius 2 is 2.00 bits per heavy atom. The van der Waals surface area contributed by atoms with E-state index >= 15 is 0 Å². The average Bonchev–Trinajstić information content (AvgIpc) is 2.46. The van der Waals surface area contributed by atoms with Gasteiger partial charge < -0.3 is 19.5 Å². The number of nitrogens with one attached hydrogen (secondary N) is 1. The van der Waals surface area contributed by atoms with E-state index in [0.717, 1.165) is 12.0 Å². The number of halogens is 1. The highest BCUT2D eigenvalue weighted by Crippen LogP contribution is 2.25. The summed E-state index contributed by atoms with van der Waals surface area (Å²) in [5.41, 5.74) is 0.827. The number of methoxy groups -OCH3 is 1. The zero-order chi connectivity index (χ0) is 14.8. The largest absolute Gasteiger partial charge is 0.493 e. The molecular formula is C15H24FNO3. The lowest BCUT2D eigenvalue weighted by molar-refractivity contribution is 0.0643. The van der Waals surface area contributed by atoms with Crippen LogP contribution in [0.4, 0.5) is 4.39 Å². The van der Waals surface area contributed by atoms with Crippen LogP contribution in [0.15, 0.2) is 18.2 Å². The van der Waals surface area contributed by atoms with Crippen LogP contribution in [-0.4, -0.2) is 40.6 Å². The van der Waals surface area contributed by atoms with Crippen LogP contribution in [0.2, 0.25) is 0 Å². The Kier molecular flexibility index (Phi) is 8.18. The SMILES string of the molecule is CNC(C)c1cc(F)ccc1OCCCOCCOC. The quantitative estimate of drug-likeness (QED) is 0.671. The van der Waals surface area contributed by atoms with Crippen molar-refractivity contribution in [2.75, 3.05) is 40.6 Å². The molecule has 0 fully saturated rings. The molecule has 114 valence electrons. The van der Waals surface area contributed by atoms with Crippen LogP contribution >= 0.6 is 0 Å². The molecule has 0 aliphatic heterocycles. The summed E-state index contributed by atoms with van der Waals surface area (Å²) in [6.07, 6.45) is 0.786. The molecule has 1 unspecified atom stereocenters. The topological polar surface area (TPSA) is 39.7 Å². The van der Waals surface area contributed by atoms with Crippen molar-refractivity contribution in [3.8, 4) is 5.75 Å². The summed E-state index contributed by atoms with van der Waals surface area (Å²) in [7, 11) is 3.48. The first kappa shape index (κ1) is 16.9. The summed E-state index contributed by atoms with van der Waals surface area (Å²) < 4.78 is 29.2. The highest BCUT2D eigenvalue weighted by molar-refractivity contribution is 5.36. The van der Waals surface area contributed by atoms with Crippen molar-refractivity contribution < 1.29 is 18.6 Å². The summed E-state index contributed by atoms with van der Waals surface area (Å²) in [5, 5.41) is 3.09. The summed E-state index contributed by atoms with van der Waals surface area (Å²) >= 11 is 0. The van der Waals surface area contributed by atoms with Crippen LogP contribution in [0.1, 0.15) is 24.9 Å². The van der Waals surface area contributed by atoms with Crippen molar-refractivity contribution >= 4 is 0 Å². The van der Waals surface area contributed by atoms with Gasteiger partial charge in [-0.25, -0.2) is 4.39 Å². The number of ether oxygens (including phenoxy) is 3. The highest BCUT2D eigenvalue weighted by atomic mass is 19.1. The predicted octanol–water partition coefficient (Wildman–Crippen LogP) is 2.54. The second kappa shape index (κ2) is 9.69. The van der Waals surface area contributed by atoms with E-state index in [9.17, 15) is 4.39 Å². The van der Waals surface area contributed by atoms with Crippen LogP contribution < -0.4 is 10.1 Å². The van der Waals surface area contributed by atoms with E-state index in [0.29, 0.717) is 32.2 Å². The van der Waals surface area contributed by atoms with E-state index in [1.165, 1.54) is 12.1 Å². The van der Waals surface area contributed by atoms with Gasteiger partial charge in [-0.05, 0) is 32.2 Å². The monoisotopic (exact) mass is 285 g/mol. The van der Waals surface area contributed by atoms with Crippen LogP contribution in [0.3, 0.4) is 0 Å². The minimum absolute atomic E-state index is 0.0404. The molecule has 0 aliphatic carbocycles. The third kappa shape index (κ3) is 5.86. The number of hydrogen-bond donors (Lipinski definition) is 1. The maximum Gasteiger partial charge on any atom is 0.124 e. The minimum atomic E-state index is -0.252. The fourth-order valence-corrected chi connectivity index (χ4v) is 1.73. The highest BCUT2D eigenvalue weighted by Gasteiger charge is 2.11. The Bertz CT molecular complexity index is 387. The van der Waals surface area contributed by atoms with Gasteiger partial charge in [0.1, 0.15) is 11.6 Å². The Hall–Kier alpha value is -1.17. The van der Waals surface area contributed by atoms with Gasteiger partial charge >= 0.3 is 0 Å². The Morgan fingerprint density at radius 1 is 1.20 bits per heavy atom. The molecule has 1 atom stereocenters. The van der Waals surface area contributed by atoms with Crippen LogP contribution in [-0.2, 0) is 9.47 Å². The van der Waals surface area contributed by atoms with Gasteiger partial charge in [0.05, 0.1) is 19.8 Å². The van der Waals surface area contributed by atoms with Gasteiger partial charge in [0, 0.05) is 31.7 Å². The summed E-state index contributed by atoms with van der Waals surface area (Å²) in [5.74, 6) is 0.461. The van der Waals surface area contributed by atoms with Gasteiger partial charge in [-0.15, -0.1) is 0 Å². The van der Waals surface area contributed by atoms with Gasteiger partial charge in [-0.2, -0.15) is 0 Å². The molecule has 1 aromatic rings. The van der Waals surface area contributed by atoms with E-state index < -0.39 is 0 Å². The molecule has 0 bridgehead atoms. The molecular weight excluding hydrogens is 261 g/mol. The molecule has 1 aromatic carbocycles. The van der Waals surface area contributed by atoms with Crippen molar-refractivity contribution in [1.82, 2.24) is 5.32 Å². The standard InChI is InChI=1S/C15H24FNO3/c1-12(17-2)14-11-13(16)5-6-15(14)20-8-4-7-19-10-9-18-3/h5-6,11-12,17H,4,7-10H2,1-3H3. The third-order valence-corrected chi connectivity index (χ3v) is 2.99. The van der Waals surface area contributed by atoms with Crippen molar-refractivity contribution in [2.24, 2.45) is 0 Å². The average molecular weight is 285 g/mol. The third-order valence-electron chi connectivity index (χ3n) is 2.99. The van der Waals surface area contributed by atoms with Crippen LogP contribution in [0, 0.1) is 5.82 Å². The van der Waals surface area contributed by atoms with Crippen LogP contribution in [0.25, 0.3) is 0 Å². The summed E-state index contributed by atoms with van der Waals surface area (Å²) in [6.45, 7) is 4.33. The molecule has 0 saturated carbocycles. The fraction of sp³-hybridized carbons (Fsp3) is 0.600. The number of hydrogen-bond acceptors (Lipinski definition) is 4. The van der Waals surface area contributed by atoms with Gasteiger partial charge in [0.15, 0.2) is 0 Å². The molecule has 1 N–H and O–H groups in total. The second-order valence-electron chi connectivity index (χ2n) is 4.50. The summed E-state index contributed by atoms with van der Waals surface area (Å²) in [6, 6.07) is 4.63. The lowest BCUT2D eigenvalue weighted by atomic mass is 10.1.